The maximum Gasteiger partial charge on any atom is 0.161 e. The van der Waals surface area contributed by atoms with Gasteiger partial charge in [0, 0.05) is 30.6 Å². The summed E-state index contributed by atoms with van der Waals surface area (Å²) in [4.78, 5) is 8.69. The summed E-state index contributed by atoms with van der Waals surface area (Å²) in [7, 11) is 1.84. The Hall–Kier alpha value is -2.69. The number of H-pyrrole nitrogens is 1. The highest BCUT2D eigenvalue weighted by Crippen LogP contribution is 2.22. The number of benzene rings is 1. The van der Waals surface area contributed by atoms with Crippen LogP contribution in [0, 0.1) is 0 Å². The van der Waals surface area contributed by atoms with Crippen LogP contribution in [0.4, 0.5) is 5.82 Å². The second-order valence-electron chi connectivity index (χ2n) is 4.08. The lowest BCUT2D eigenvalue weighted by Crippen LogP contribution is -1.95. The Morgan fingerprint density at radius 3 is 2.47 bits per heavy atom. The van der Waals surface area contributed by atoms with Gasteiger partial charge in [0.25, 0.3) is 0 Å². The number of aromatic nitrogens is 4. The molecule has 1 aromatic carbocycles. The number of aromatic amines is 1. The van der Waals surface area contributed by atoms with Crippen LogP contribution < -0.4 is 5.32 Å². The number of nitrogens with one attached hydrogen (secondary N) is 2. The van der Waals surface area contributed by atoms with Crippen molar-refractivity contribution in [3.8, 4) is 22.5 Å². The number of hydrogen-bond donors (Lipinski definition) is 2. The van der Waals surface area contributed by atoms with Gasteiger partial charge in [-0.15, -0.1) is 0 Å². The Balaban J connectivity index is 1.94. The van der Waals surface area contributed by atoms with Crippen molar-refractivity contribution >= 4 is 5.82 Å². The summed E-state index contributed by atoms with van der Waals surface area (Å²) in [6, 6.07) is 9.93. The summed E-state index contributed by atoms with van der Waals surface area (Å²) in [5, 5.41) is 9.76. The van der Waals surface area contributed by atoms with Crippen molar-refractivity contribution in [2.75, 3.05) is 12.4 Å². The predicted molar refractivity (Wildman–Crippen MR) is 74.6 cm³/mol. The second-order valence-corrected chi connectivity index (χ2v) is 4.08. The van der Waals surface area contributed by atoms with Gasteiger partial charge in [-0.1, -0.05) is 24.3 Å². The summed E-state index contributed by atoms with van der Waals surface area (Å²) in [5.41, 5.74) is 3.17. The molecule has 0 aliphatic rings. The molecule has 0 amide bonds. The molecule has 0 aliphatic heterocycles. The number of anilines is 1. The Morgan fingerprint density at radius 2 is 1.79 bits per heavy atom. The normalized spacial score (nSPS) is 10.4. The molecule has 5 nitrogen and oxygen atoms in total. The second kappa shape index (κ2) is 4.89. The van der Waals surface area contributed by atoms with Crippen LogP contribution in [0.15, 0.2) is 48.9 Å². The molecule has 0 fully saturated rings. The lowest BCUT2D eigenvalue weighted by molar-refractivity contribution is 1.09. The topological polar surface area (TPSA) is 66.5 Å². The summed E-state index contributed by atoms with van der Waals surface area (Å²) in [6.45, 7) is 0. The van der Waals surface area contributed by atoms with Gasteiger partial charge in [-0.25, -0.2) is 9.97 Å². The molecule has 0 radical (unpaired) electrons. The van der Waals surface area contributed by atoms with E-state index in [1.165, 1.54) is 0 Å². The van der Waals surface area contributed by atoms with Crippen LogP contribution >= 0.6 is 0 Å². The molecule has 3 rings (SSSR count). The molecule has 94 valence electrons. The first-order valence-electron chi connectivity index (χ1n) is 5.97. The van der Waals surface area contributed by atoms with Gasteiger partial charge < -0.3 is 5.32 Å². The molecule has 0 spiro atoms. The van der Waals surface area contributed by atoms with Gasteiger partial charge in [-0.3, -0.25) is 5.10 Å². The van der Waals surface area contributed by atoms with Crippen LogP contribution in [0.5, 0.6) is 0 Å². The van der Waals surface area contributed by atoms with Crippen LogP contribution in [0.2, 0.25) is 0 Å². The summed E-state index contributed by atoms with van der Waals surface area (Å²) >= 11 is 0. The smallest absolute Gasteiger partial charge is 0.161 e. The number of rotatable bonds is 3. The molecule has 0 unspecified atom stereocenters. The van der Waals surface area contributed by atoms with Crippen molar-refractivity contribution in [2.24, 2.45) is 0 Å². The third-order valence-corrected chi connectivity index (χ3v) is 2.89. The van der Waals surface area contributed by atoms with Crippen molar-refractivity contribution in [3.63, 3.8) is 0 Å². The third kappa shape index (κ3) is 2.30. The van der Waals surface area contributed by atoms with E-state index in [0.29, 0.717) is 5.82 Å². The first kappa shape index (κ1) is 11.4. The first-order chi connectivity index (χ1) is 9.36. The van der Waals surface area contributed by atoms with E-state index < -0.39 is 0 Å². The maximum atomic E-state index is 4.41. The molecule has 3 aromatic rings. The molecule has 0 saturated heterocycles. The van der Waals surface area contributed by atoms with Crippen molar-refractivity contribution < 1.29 is 0 Å². The standard InChI is InChI=1S/C14H13N5/c1-15-13-6-7-16-14(19-13)11-4-2-10(3-5-11)12-8-17-18-9-12/h2-9H,1H3,(H,17,18)(H,15,16,19). The fourth-order valence-electron chi connectivity index (χ4n) is 1.86. The average Bonchev–Trinajstić information content (AvgIpc) is 3.02. The molecule has 2 N–H and O–H groups in total. The van der Waals surface area contributed by atoms with Gasteiger partial charge >= 0.3 is 0 Å². The van der Waals surface area contributed by atoms with E-state index in [2.05, 4.69) is 25.5 Å². The third-order valence-electron chi connectivity index (χ3n) is 2.89. The minimum absolute atomic E-state index is 0.714. The highest BCUT2D eigenvalue weighted by Gasteiger charge is 2.03. The van der Waals surface area contributed by atoms with Crippen LogP contribution in [0.25, 0.3) is 22.5 Å². The van der Waals surface area contributed by atoms with Gasteiger partial charge in [0.05, 0.1) is 6.20 Å². The first-order valence-corrected chi connectivity index (χ1v) is 5.97. The van der Waals surface area contributed by atoms with Crippen molar-refractivity contribution in [1.82, 2.24) is 20.2 Å². The lowest BCUT2D eigenvalue weighted by Gasteiger charge is -2.04. The number of nitrogens with zero attached hydrogens (tertiary/aromatic N) is 3. The fraction of sp³-hybridized carbons (Fsp3) is 0.0714. The van der Waals surface area contributed by atoms with E-state index >= 15 is 0 Å². The predicted octanol–water partition coefficient (Wildman–Crippen LogP) is 2.58. The molecular weight excluding hydrogens is 238 g/mol. The Morgan fingerprint density at radius 1 is 1.00 bits per heavy atom. The Labute approximate surface area is 110 Å². The molecular formula is C14H13N5. The lowest BCUT2D eigenvalue weighted by atomic mass is 10.1. The van der Waals surface area contributed by atoms with Crippen molar-refractivity contribution in [1.29, 1.82) is 0 Å². The fourth-order valence-corrected chi connectivity index (χ4v) is 1.86. The zero-order valence-electron chi connectivity index (χ0n) is 10.5. The summed E-state index contributed by atoms with van der Waals surface area (Å²) in [5.74, 6) is 1.52. The van der Waals surface area contributed by atoms with Crippen LogP contribution in [-0.2, 0) is 0 Å². The zero-order chi connectivity index (χ0) is 13.1. The minimum atomic E-state index is 0.714. The van der Waals surface area contributed by atoms with E-state index in [9.17, 15) is 0 Å². The monoisotopic (exact) mass is 251 g/mol. The molecule has 2 aromatic heterocycles. The maximum absolute atomic E-state index is 4.41. The molecule has 0 atom stereocenters. The quantitative estimate of drug-likeness (QED) is 0.750. The van der Waals surface area contributed by atoms with Crippen molar-refractivity contribution in [3.05, 3.63) is 48.9 Å². The molecule has 0 aliphatic carbocycles. The van der Waals surface area contributed by atoms with E-state index in [-0.39, 0.29) is 0 Å². The van der Waals surface area contributed by atoms with Crippen LogP contribution in [-0.4, -0.2) is 27.2 Å². The molecule has 2 heterocycles. The summed E-state index contributed by atoms with van der Waals surface area (Å²) in [6.07, 6.45) is 5.42. The minimum Gasteiger partial charge on any atom is -0.373 e. The van der Waals surface area contributed by atoms with Gasteiger partial charge in [-0.2, -0.15) is 5.10 Å². The van der Waals surface area contributed by atoms with E-state index in [4.69, 9.17) is 0 Å². The van der Waals surface area contributed by atoms with Gasteiger partial charge in [0.15, 0.2) is 5.82 Å². The molecule has 19 heavy (non-hydrogen) atoms. The zero-order valence-corrected chi connectivity index (χ0v) is 10.5. The molecule has 5 heteroatoms. The van der Waals surface area contributed by atoms with Gasteiger partial charge in [0.2, 0.25) is 0 Å². The van der Waals surface area contributed by atoms with Crippen LogP contribution in [0.1, 0.15) is 0 Å². The van der Waals surface area contributed by atoms with Crippen molar-refractivity contribution in [2.45, 2.75) is 0 Å². The average molecular weight is 251 g/mol. The van der Waals surface area contributed by atoms with E-state index in [0.717, 1.165) is 22.5 Å². The molecule has 0 bridgehead atoms. The van der Waals surface area contributed by atoms with E-state index in [1.54, 1.807) is 12.4 Å². The largest absolute Gasteiger partial charge is 0.373 e. The highest BCUT2D eigenvalue weighted by molar-refractivity contribution is 5.66. The number of hydrogen-bond acceptors (Lipinski definition) is 4. The Kier molecular flexibility index (Phi) is 2.94. The summed E-state index contributed by atoms with van der Waals surface area (Å²) < 4.78 is 0. The van der Waals surface area contributed by atoms with Gasteiger partial charge in [0.1, 0.15) is 5.82 Å². The molecule has 0 saturated carbocycles. The SMILES string of the molecule is CNc1ccnc(-c2ccc(-c3cn[nH]c3)cc2)n1. The van der Waals surface area contributed by atoms with Gasteiger partial charge in [-0.05, 0) is 11.6 Å². The highest BCUT2D eigenvalue weighted by atomic mass is 15.1. The Bertz CT molecular complexity index is 659. The van der Waals surface area contributed by atoms with E-state index in [1.807, 2.05) is 43.6 Å². The van der Waals surface area contributed by atoms with Crippen LogP contribution in [0.3, 0.4) is 0 Å².